The van der Waals surface area contributed by atoms with Gasteiger partial charge in [0.05, 0.1) is 12.1 Å². The monoisotopic (exact) mass is 362 g/mol. The van der Waals surface area contributed by atoms with Gasteiger partial charge in [0, 0.05) is 11.8 Å². The molecule has 0 N–H and O–H groups in total. The first-order chi connectivity index (χ1) is 12.1. The summed E-state index contributed by atoms with van der Waals surface area (Å²) in [6.45, 7) is 0.814. The number of alkyl halides is 1. The van der Waals surface area contributed by atoms with E-state index in [1.165, 1.54) is 7.11 Å². The molecule has 0 bridgehead atoms. The lowest BCUT2D eigenvalue weighted by Gasteiger charge is -2.20. The Morgan fingerprint density at radius 2 is 1.84 bits per heavy atom. The molecule has 25 heavy (non-hydrogen) atoms. The Morgan fingerprint density at radius 1 is 1.16 bits per heavy atom. The van der Waals surface area contributed by atoms with Crippen LogP contribution in [0.15, 0.2) is 42.5 Å². The van der Waals surface area contributed by atoms with Crippen molar-refractivity contribution >= 4 is 17.6 Å². The molecule has 0 spiro atoms. The lowest BCUT2D eigenvalue weighted by molar-refractivity contribution is -0.148. The van der Waals surface area contributed by atoms with Gasteiger partial charge in [0.25, 0.3) is 0 Å². The summed E-state index contributed by atoms with van der Waals surface area (Å²) in [6, 6.07) is 12.4. The number of rotatable bonds is 3. The standard InChI is InChI=1S/C19H16ClFO4/c1-23-18(22)19(21)15(11-5-3-2-4-6-11)16(19)12-9-13(20)17-14(10-12)24-7-8-25-17/h2-6,9-10,15-16H,7-8H2,1H3/t15-,16-,19+/m1/s1. The Labute approximate surface area is 149 Å². The Morgan fingerprint density at radius 3 is 2.56 bits per heavy atom. The second kappa shape index (κ2) is 5.92. The van der Waals surface area contributed by atoms with Gasteiger partial charge in [-0.15, -0.1) is 0 Å². The van der Waals surface area contributed by atoms with Gasteiger partial charge < -0.3 is 14.2 Å². The first-order valence-electron chi connectivity index (χ1n) is 7.98. The van der Waals surface area contributed by atoms with E-state index in [1.807, 2.05) is 30.3 Å². The quantitative estimate of drug-likeness (QED) is 0.777. The lowest BCUT2D eigenvalue weighted by Crippen LogP contribution is -2.22. The van der Waals surface area contributed by atoms with Gasteiger partial charge in [-0.1, -0.05) is 41.9 Å². The van der Waals surface area contributed by atoms with Crippen molar-refractivity contribution in [2.45, 2.75) is 17.5 Å². The predicted octanol–water partition coefficient (Wildman–Crippen LogP) is 3.87. The van der Waals surface area contributed by atoms with E-state index >= 15 is 4.39 Å². The molecular formula is C19H16ClFO4. The van der Waals surface area contributed by atoms with Crippen molar-refractivity contribution in [2.75, 3.05) is 20.3 Å². The summed E-state index contributed by atoms with van der Waals surface area (Å²) in [4.78, 5) is 12.2. The molecule has 1 aliphatic carbocycles. The topological polar surface area (TPSA) is 44.8 Å². The average molecular weight is 363 g/mol. The van der Waals surface area contributed by atoms with E-state index in [2.05, 4.69) is 0 Å². The summed E-state index contributed by atoms with van der Waals surface area (Å²) in [5.74, 6) is -1.26. The number of methoxy groups -OCH3 is 1. The molecule has 1 saturated carbocycles. The smallest absolute Gasteiger partial charge is 0.344 e. The van der Waals surface area contributed by atoms with Crippen molar-refractivity contribution in [1.29, 1.82) is 0 Å². The Bertz CT molecular complexity index is 826. The summed E-state index contributed by atoms with van der Waals surface area (Å²) < 4.78 is 31.4. The molecule has 1 aliphatic heterocycles. The van der Waals surface area contributed by atoms with Crippen molar-refractivity contribution in [3.8, 4) is 11.5 Å². The highest BCUT2D eigenvalue weighted by molar-refractivity contribution is 6.32. The van der Waals surface area contributed by atoms with Crippen LogP contribution in [0.25, 0.3) is 0 Å². The van der Waals surface area contributed by atoms with Crippen LogP contribution in [0.4, 0.5) is 4.39 Å². The molecule has 0 aromatic heterocycles. The van der Waals surface area contributed by atoms with Crippen molar-refractivity contribution in [2.24, 2.45) is 0 Å². The molecule has 130 valence electrons. The molecule has 6 heteroatoms. The van der Waals surface area contributed by atoms with Crippen LogP contribution in [-0.2, 0) is 9.53 Å². The molecule has 0 saturated heterocycles. The third-order valence-corrected chi connectivity index (χ3v) is 5.05. The van der Waals surface area contributed by atoms with Crippen LogP contribution in [0.3, 0.4) is 0 Å². The molecule has 0 unspecified atom stereocenters. The number of benzene rings is 2. The van der Waals surface area contributed by atoms with Crippen LogP contribution in [0, 0.1) is 0 Å². The van der Waals surface area contributed by atoms with E-state index in [-0.39, 0.29) is 0 Å². The highest BCUT2D eigenvalue weighted by Gasteiger charge is 2.73. The lowest BCUT2D eigenvalue weighted by atomic mass is 10.0. The van der Waals surface area contributed by atoms with Gasteiger partial charge in [0.2, 0.25) is 5.67 Å². The number of esters is 1. The molecule has 4 rings (SSSR count). The van der Waals surface area contributed by atoms with Crippen LogP contribution >= 0.6 is 11.6 Å². The zero-order valence-electron chi connectivity index (χ0n) is 13.5. The van der Waals surface area contributed by atoms with Crippen molar-refractivity contribution < 1.29 is 23.4 Å². The van der Waals surface area contributed by atoms with Gasteiger partial charge in [-0.25, -0.2) is 9.18 Å². The van der Waals surface area contributed by atoms with Gasteiger partial charge in [0.15, 0.2) is 11.5 Å². The van der Waals surface area contributed by atoms with Gasteiger partial charge >= 0.3 is 5.97 Å². The molecule has 0 amide bonds. The van der Waals surface area contributed by atoms with Crippen molar-refractivity contribution in [1.82, 2.24) is 0 Å². The van der Waals surface area contributed by atoms with Crippen LogP contribution < -0.4 is 9.47 Å². The van der Waals surface area contributed by atoms with Crippen LogP contribution in [0.2, 0.25) is 5.02 Å². The average Bonchev–Trinajstić information content (AvgIpc) is 3.29. The van der Waals surface area contributed by atoms with Crippen LogP contribution in [0.1, 0.15) is 23.0 Å². The van der Waals surface area contributed by atoms with E-state index in [0.29, 0.717) is 35.3 Å². The molecule has 0 radical (unpaired) electrons. The number of carbonyl (C=O) groups excluding carboxylic acids is 1. The Hall–Kier alpha value is -2.27. The minimum atomic E-state index is -2.12. The fourth-order valence-corrected chi connectivity index (χ4v) is 3.88. The normalized spacial score (nSPS) is 26.8. The highest BCUT2D eigenvalue weighted by Crippen LogP contribution is 2.67. The van der Waals surface area contributed by atoms with E-state index in [4.69, 9.17) is 25.8 Å². The summed E-state index contributed by atoms with van der Waals surface area (Å²) in [6.07, 6.45) is 0. The summed E-state index contributed by atoms with van der Waals surface area (Å²) in [7, 11) is 1.19. The van der Waals surface area contributed by atoms with Crippen molar-refractivity contribution in [3.05, 3.63) is 58.6 Å². The largest absolute Gasteiger partial charge is 0.486 e. The number of hydrogen-bond acceptors (Lipinski definition) is 4. The number of hydrogen-bond donors (Lipinski definition) is 0. The van der Waals surface area contributed by atoms with Gasteiger partial charge in [-0.05, 0) is 23.3 Å². The fraction of sp³-hybridized carbons (Fsp3) is 0.316. The Kier molecular flexibility index (Phi) is 3.84. The van der Waals surface area contributed by atoms with Gasteiger partial charge in [0.1, 0.15) is 13.2 Å². The number of carbonyl (C=O) groups is 1. The van der Waals surface area contributed by atoms with Crippen molar-refractivity contribution in [3.63, 3.8) is 0 Å². The Balaban J connectivity index is 1.78. The van der Waals surface area contributed by atoms with E-state index in [9.17, 15) is 4.79 Å². The zero-order valence-corrected chi connectivity index (χ0v) is 14.3. The third-order valence-electron chi connectivity index (χ3n) is 4.76. The predicted molar refractivity (Wildman–Crippen MR) is 90.2 cm³/mol. The maximum atomic E-state index is 15.6. The summed E-state index contributed by atoms with van der Waals surface area (Å²) >= 11 is 6.28. The molecule has 2 aromatic carbocycles. The first-order valence-corrected chi connectivity index (χ1v) is 8.36. The number of halogens is 2. The molecule has 1 heterocycles. The third kappa shape index (κ3) is 2.45. The zero-order chi connectivity index (χ0) is 17.6. The maximum absolute atomic E-state index is 15.6. The molecule has 1 fully saturated rings. The summed E-state index contributed by atoms with van der Waals surface area (Å²) in [5.41, 5.74) is -0.786. The minimum absolute atomic E-state index is 0.345. The maximum Gasteiger partial charge on any atom is 0.344 e. The summed E-state index contributed by atoms with van der Waals surface area (Å²) in [5, 5.41) is 0.345. The minimum Gasteiger partial charge on any atom is -0.486 e. The molecule has 2 aliphatic rings. The highest BCUT2D eigenvalue weighted by atomic mass is 35.5. The second-order valence-corrected chi connectivity index (χ2v) is 6.56. The second-order valence-electron chi connectivity index (χ2n) is 6.15. The van der Waals surface area contributed by atoms with Gasteiger partial charge in [-0.2, -0.15) is 0 Å². The van der Waals surface area contributed by atoms with E-state index < -0.39 is 23.5 Å². The van der Waals surface area contributed by atoms with Crippen LogP contribution in [-0.4, -0.2) is 32.0 Å². The SMILES string of the molecule is COC(=O)[C@]1(F)[C@H](c2ccccc2)[C@H]1c1cc(Cl)c2c(c1)OCCO2. The molecule has 4 nitrogen and oxygen atoms in total. The van der Waals surface area contributed by atoms with E-state index in [1.54, 1.807) is 12.1 Å². The number of ether oxygens (including phenoxy) is 3. The van der Waals surface area contributed by atoms with E-state index in [0.717, 1.165) is 5.56 Å². The van der Waals surface area contributed by atoms with Gasteiger partial charge in [-0.3, -0.25) is 0 Å². The molecule has 3 atom stereocenters. The molecular weight excluding hydrogens is 347 g/mol. The fourth-order valence-electron chi connectivity index (χ4n) is 3.61. The first kappa shape index (κ1) is 16.2. The molecule has 2 aromatic rings. The number of fused-ring (bicyclic) bond motifs is 1. The van der Waals surface area contributed by atoms with Crippen LogP contribution in [0.5, 0.6) is 11.5 Å².